The van der Waals surface area contributed by atoms with Crippen LogP contribution in [0.3, 0.4) is 0 Å². The Kier molecular flexibility index (Phi) is 6.35. The Morgan fingerprint density at radius 2 is 1.84 bits per heavy atom. The molecular weight excluding hydrogens is 312 g/mol. The average molecular weight is 344 g/mol. The maximum Gasteiger partial charge on any atom is 0.260 e. The molecule has 2 saturated heterocycles. The lowest BCUT2D eigenvalue weighted by molar-refractivity contribution is -0.134. The highest BCUT2D eigenvalue weighted by atomic mass is 16.5. The molecule has 1 unspecified atom stereocenters. The van der Waals surface area contributed by atoms with Crippen LogP contribution in [0.25, 0.3) is 0 Å². The van der Waals surface area contributed by atoms with Crippen molar-refractivity contribution in [1.29, 1.82) is 0 Å². The molecule has 2 heterocycles. The van der Waals surface area contributed by atoms with Gasteiger partial charge in [-0.25, -0.2) is 0 Å². The highest BCUT2D eigenvalue weighted by Gasteiger charge is 2.28. The fraction of sp³-hybridized carbons (Fsp3) is 0.667. The molecule has 4 nitrogen and oxygen atoms in total. The minimum Gasteiger partial charge on any atom is -0.483 e. The van der Waals surface area contributed by atoms with E-state index in [9.17, 15) is 4.79 Å². The van der Waals surface area contributed by atoms with E-state index in [0.29, 0.717) is 12.0 Å². The standard InChI is InChI=1S/C21H32N2O2/c1-3-17(2)19-8-4-5-9-20(19)25-16-21(24)23-14-10-18(11-15-23)22-12-6-7-13-22/h4-5,8-9,17-18H,3,6-7,10-16H2,1-2H3. The van der Waals surface area contributed by atoms with Crippen LogP contribution in [0.1, 0.15) is 57.4 Å². The van der Waals surface area contributed by atoms with Gasteiger partial charge >= 0.3 is 0 Å². The Balaban J connectivity index is 1.49. The van der Waals surface area contributed by atoms with Crippen molar-refractivity contribution in [2.24, 2.45) is 0 Å². The second-order valence-corrected chi connectivity index (χ2v) is 7.49. The fourth-order valence-electron chi connectivity index (χ4n) is 4.06. The smallest absolute Gasteiger partial charge is 0.260 e. The molecule has 2 aliphatic rings. The van der Waals surface area contributed by atoms with E-state index in [-0.39, 0.29) is 12.5 Å². The molecule has 0 radical (unpaired) electrons. The Hall–Kier alpha value is -1.55. The molecule has 0 spiro atoms. The van der Waals surface area contributed by atoms with E-state index in [0.717, 1.165) is 38.1 Å². The van der Waals surface area contributed by atoms with Gasteiger partial charge in [0.15, 0.2) is 6.61 Å². The highest BCUT2D eigenvalue weighted by molar-refractivity contribution is 5.78. The van der Waals surface area contributed by atoms with Gasteiger partial charge in [0.2, 0.25) is 0 Å². The molecule has 2 fully saturated rings. The Bertz CT molecular complexity index is 561. The van der Waals surface area contributed by atoms with Gasteiger partial charge in [0.05, 0.1) is 0 Å². The van der Waals surface area contributed by atoms with Crippen LogP contribution in [-0.2, 0) is 4.79 Å². The van der Waals surface area contributed by atoms with Crippen molar-refractivity contribution < 1.29 is 9.53 Å². The lowest BCUT2D eigenvalue weighted by atomic mass is 9.98. The number of para-hydroxylation sites is 1. The van der Waals surface area contributed by atoms with E-state index in [1.807, 2.05) is 23.1 Å². The summed E-state index contributed by atoms with van der Waals surface area (Å²) in [5.74, 6) is 1.43. The van der Waals surface area contributed by atoms with Crippen molar-refractivity contribution >= 4 is 5.91 Å². The summed E-state index contributed by atoms with van der Waals surface area (Å²) in [7, 11) is 0. The summed E-state index contributed by atoms with van der Waals surface area (Å²) < 4.78 is 5.90. The van der Waals surface area contributed by atoms with Crippen molar-refractivity contribution in [3.63, 3.8) is 0 Å². The van der Waals surface area contributed by atoms with Crippen molar-refractivity contribution in [3.05, 3.63) is 29.8 Å². The van der Waals surface area contributed by atoms with Crippen LogP contribution in [0.4, 0.5) is 0 Å². The normalized spacial score (nSPS) is 20.6. The van der Waals surface area contributed by atoms with Crippen LogP contribution >= 0.6 is 0 Å². The van der Waals surface area contributed by atoms with Gasteiger partial charge in [-0.05, 0) is 62.7 Å². The molecular formula is C21H32N2O2. The van der Waals surface area contributed by atoms with Crippen molar-refractivity contribution in [2.45, 2.75) is 57.9 Å². The molecule has 0 bridgehead atoms. The molecule has 1 amide bonds. The zero-order valence-electron chi connectivity index (χ0n) is 15.7. The Labute approximate surface area is 152 Å². The molecule has 138 valence electrons. The third-order valence-electron chi connectivity index (χ3n) is 5.89. The van der Waals surface area contributed by atoms with Gasteiger partial charge in [-0.2, -0.15) is 0 Å². The van der Waals surface area contributed by atoms with Crippen LogP contribution in [0, 0.1) is 0 Å². The zero-order valence-corrected chi connectivity index (χ0v) is 15.7. The summed E-state index contributed by atoms with van der Waals surface area (Å²) in [6, 6.07) is 8.79. The first-order valence-electron chi connectivity index (χ1n) is 9.92. The molecule has 0 saturated carbocycles. The molecule has 4 heteroatoms. The van der Waals surface area contributed by atoms with E-state index in [4.69, 9.17) is 4.74 Å². The van der Waals surface area contributed by atoms with E-state index < -0.39 is 0 Å². The number of likely N-dealkylation sites (tertiary alicyclic amines) is 2. The molecule has 3 rings (SSSR count). The van der Waals surface area contributed by atoms with Gasteiger partial charge in [-0.3, -0.25) is 4.79 Å². The van der Waals surface area contributed by atoms with Crippen molar-refractivity contribution in [2.75, 3.05) is 32.8 Å². The van der Waals surface area contributed by atoms with Crippen LogP contribution in [0.5, 0.6) is 5.75 Å². The Morgan fingerprint density at radius 3 is 2.52 bits per heavy atom. The number of nitrogens with zero attached hydrogens (tertiary/aromatic N) is 2. The van der Waals surface area contributed by atoms with E-state index >= 15 is 0 Å². The SMILES string of the molecule is CCC(C)c1ccccc1OCC(=O)N1CCC(N2CCCC2)CC1. The highest BCUT2D eigenvalue weighted by Crippen LogP contribution is 2.28. The summed E-state index contributed by atoms with van der Waals surface area (Å²) in [6.07, 6.45) is 5.95. The largest absolute Gasteiger partial charge is 0.483 e. The molecule has 25 heavy (non-hydrogen) atoms. The summed E-state index contributed by atoms with van der Waals surface area (Å²) in [4.78, 5) is 17.1. The van der Waals surface area contributed by atoms with E-state index in [2.05, 4.69) is 24.8 Å². The Morgan fingerprint density at radius 1 is 1.16 bits per heavy atom. The maximum atomic E-state index is 12.5. The van der Waals surface area contributed by atoms with Gasteiger partial charge in [0, 0.05) is 19.1 Å². The zero-order chi connectivity index (χ0) is 17.6. The predicted octanol–water partition coefficient (Wildman–Crippen LogP) is 3.67. The molecule has 0 N–H and O–H groups in total. The van der Waals surface area contributed by atoms with Crippen LogP contribution in [0.2, 0.25) is 0 Å². The molecule has 0 aromatic heterocycles. The van der Waals surface area contributed by atoms with E-state index in [1.54, 1.807) is 0 Å². The molecule has 1 aromatic carbocycles. The lowest BCUT2D eigenvalue weighted by Gasteiger charge is -2.36. The first-order chi connectivity index (χ1) is 12.2. The average Bonchev–Trinajstić information content (AvgIpc) is 3.20. The number of ether oxygens (including phenoxy) is 1. The van der Waals surface area contributed by atoms with Gasteiger partial charge < -0.3 is 14.5 Å². The quantitative estimate of drug-likeness (QED) is 0.789. The molecule has 2 aliphatic heterocycles. The summed E-state index contributed by atoms with van der Waals surface area (Å²) >= 11 is 0. The van der Waals surface area contributed by atoms with Crippen molar-refractivity contribution in [1.82, 2.24) is 9.80 Å². The minimum atomic E-state index is 0.124. The monoisotopic (exact) mass is 344 g/mol. The second kappa shape index (κ2) is 8.70. The van der Waals surface area contributed by atoms with Crippen LogP contribution in [-0.4, -0.2) is 54.5 Å². The van der Waals surface area contributed by atoms with Crippen LogP contribution < -0.4 is 4.74 Å². The number of benzene rings is 1. The first-order valence-corrected chi connectivity index (χ1v) is 9.92. The van der Waals surface area contributed by atoms with E-state index in [1.165, 1.54) is 31.5 Å². The van der Waals surface area contributed by atoms with Gasteiger partial charge in [0.1, 0.15) is 5.75 Å². The second-order valence-electron chi connectivity index (χ2n) is 7.49. The minimum absolute atomic E-state index is 0.124. The van der Waals surface area contributed by atoms with Gasteiger partial charge in [0.25, 0.3) is 5.91 Å². The number of piperidine rings is 1. The summed E-state index contributed by atoms with van der Waals surface area (Å²) in [6.45, 7) is 8.76. The van der Waals surface area contributed by atoms with Crippen LogP contribution in [0.15, 0.2) is 24.3 Å². The molecule has 1 aromatic rings. The molecule has 1 atom stereocenters. The first kappa shape index (κ1) is 18.2. The number of hydrogen-bond donors (Lipinski definition) is 0. The number of carbonyl (C=O) groups excluding carboxylic acids is 1. The van der Waals surface area contributed by atoms with Gasteiger partial charge in [-0.15, -0.1) is 0 Å². The molecule has 0 aliphatic carbocycles. The predicted molar refractivity (Wildman–Crippen MR) is 101 cm³/mol. The third kappa shape index (κ3) is 4.55. The summed E-state index contributed by atoms with van der Waals surface area (Å²) in [5, 5.41) is 0. The fourth-order valence-corrected chi connectivity index (χ4v) is 4.06. The number of rotatable bonds is 6. The number of carbonyl (C=O) groups is 1. The maximum absolute atomic E-state index is 12.5. The lowest BCUT2D eigenvalue weighted by Crippen LogP contribution is -2.47. The number of hydrogen-bond acceptors (Lipinski definition) is 3. The third-order valence-corrected chi connectivity index (χ3v) is 5.89. The van der Waals surface area contributed by atoms with Gasteiger partial charge in [-0.1, -0.05) is 32.0 Å². The van der Waals surface area contributed by atoms with Crippen molar-refractivity contribution in [3.8, 4) is 5.75 Å². The number of amides is 1. The topological polar surface area (TPSA) is 32.8 Å². The summed E-state index contributed by atoms with van der Waals surface area (Å²) in [5.41, 5.74) is 1.20.